The molecule has 1 atom stereocenters. The molecule has 0 radical (unpaired) electrons. The number of carbonyl (C=O) groups is 1. The maximum Gasteiger partial charge on any atom is 0.335 e. The lowest BCUT2D eigenvalue weighted by molar-refractivity contribution is 0.0695. The SMILES string of the molecule is Cc1ccc(CC(C)N)c(C(=O)O)c1. The predicted octanol–water partition coefficient (Wildman–Crippen LogP) is 1.58. The minimum Gasteiger partial charge on any atom is -0.478 e. The molecule has 76 valence electrons. The van der Waals surface area contributed by atoms with E-state index in [1.807, 2.05) is 26.0 Å². The van der Waals surface area contributed by atoms with Crippen molar-refractivity contribution in [1.82, 2.24) is 0 Å². The highest BCUT2D eigenvalue weighted by molar-refractivity contribution is 5.89. The van der Waals surface area contributed by atoms with Crippen LogP contribution in [0.15, 0.2) is 18.2 Å². The van der Waals surface area contributed by atoms with E-state index in [-0.39, 0.29) is 6.04 Å². The van der Waals surface area contributed by atoms with Gasteiger partial charge in [-0.2, -0.15) is 0 Å². The van der Waals surface area contributed by atoms with Crippen molar-refractivity contribution in [3.05, 3.63) is 34.9 Å². The first-order chi connectivity index (χ1) is 6.50. The van der Waals surface area contributed by atoms with E-state index in [0.717, 1.165) is 11.1 Å². The zero-order valence-electron chi connectivity index (χ0n) is 8.45. The average molecular weight is 193 g/mol. The van der Waals surface area contributed by atoms with Crippen molar-refractivity contribution in [2.24, 2.45) is 5.73 Å². The first kappa shape index (κ1) is 10.7. The van der Waals surface area contributed by atoms with Crippen LogP contribution in [0.5, 0.6) is 0 Å². The van der Waals surface area contributed by atoms with E-state index >= 15 is 0 Å². The van der Waals surface area contributed by atoms with E-state index in [2.05, 4.69) is 0 Å². The number of aromatic carboxylic acids is 1. The third-order valence-electron chi connectivity index (χ3n) is 2.04. The Balaban J connectivity index is 3.08. The van der Waals surface area contributed by atoms with Gasteiger partial charge in [0.1, 0.15) is 0 Å². The molecule has 1 rings (SSSR count). The normalized spacial score (nSPS) is 12.5. The fourth-order valence-corrected chi connectivity index (χ4v) is 1.41. The minimum atomic E-state index is -0.885. The van der Waals surface area contributed by atoms with E-state index in [0.29, 0.717) is 12.0 Å². The molecular weight excluding hydrogens is 178 g/mol. The molecule has 1 unspecified atom stereocenters. The van der Waals surface area contributed by atoms with E-state index in [9.17, 15) is 4.79 Å². The lowest BCUT2D eigenvalue weighted by Gasteiger charge is -2.09. The summed E-state index contributed by atoms with van der Waals surface area (Å²) in [4.78, 5) is 10.9. The summed E-state index contributed by atoms with van der Waals surface area (Å²) in [5.41, 5.74) is 7.76. The number of hydrogen-bond donors (Lipinski definition) is 2. The summed E-state index contributed by atoms with van der Waals surface area (Å²) in [5.74, 6) is -0.885. The molecule has 1 aromatic rings. The third-order valence-corrected chi connectivity index (χ3v) is 2.04. The zero-order valence-corrected chi connectivity index (χ0v) is 8.45. The van der Waals surface area contributed by atoms with Gasteiger partial charge in [-0.25, -0.2) is 4.79 Å². The summed E-state index contributed by atoms with van der Waals surface area (Å²) >= 11 is 0. The fraction of sp³-hybridized carbons (Fsp3) is 0.364. The highest BCUT2D eigenvalue weighted by Gasteiger charge is 2.10. The number of hydrogen-bond acceptors (Lipinski definition) is 2. The Morgan fingerprint density at radius 3 is 2.71 bits per heavy atom. The van der Waals surface area contributed by atoms with Crippen molar-refractivity contribution in [2.45, 2.75) is 26.3 Å². The molecule has 3 N–H and O–H groups in total. The predicted molar refractivity (Wildman–Crippen MR) is 55.5 cm³/mol. The van der Waals surface area contributed by atoms with Gasteiger partial charge in [0.05, 0.1) is 5.56 Å². The van der Waals surface area contributed by atoms with Crippen LogP contribution in [0.1, 0.15) is 28.4 Å². The van der Waals surface area contributed by atoms with E-state index in [4.69, 9.17) is 10.8 Å². The number of carboxylic acid groups (broad SMARTS) is 1. The van der Waals surface area contributed by atoms with E-state index in [1.165, 1.54) is 0 Å². The Morgan fingerprint density at radius 1 is 1.57 bits per heavy atom. The number of rotatable bonds is 3. The van der Waals surface area contributed by atoms with Crippen LogP contribution in [0, 0.1) is 6.92 Å². The summed E-state index contributed by atoms with van der Waals surface area (Å²) in [5, 5.41) is 8.96. The third kappa shape index (κ3) is 2.57. The van der Waals surface area contributed by atoms with Crippen LogP contribution in [0.2, 0.25) is 0 Å². The highest BCUT2D eigenvalue weighted by atomic mass is 16.4. The summed E-state index contributed by atoms with van der Waals surface area (Å²) in [6.45, 7) is 3.74. The van der Waals surface area contributed by atoms with Crippen molar-refractivity contribution < 1.29 is 9.90 Å². The molecule has 0 heterocycles. The monoisotopic (exact) mass is 193 g/mol. The van der Waals surface area contributed by atoms with Crippen molar-refractivity contribution in [1.29, 1.82) is 0 Å². The van der Waals surface area contributed by atoms with Gasteiger partial charge in [0.2, 0.25) is 0 Å². The number of aryl methyl sites for hydroxylation is 1. The zero-order chi connectivity index (χ0) is 10.7. The van der Waals surface area contributed by atoms with Crippen LogP contribution in [0.3, 0.4) is 0 Å². The van der Waals surface area contributed by atoms with Gasteiger partial charge in [-0.15, -0.1) is 0 Å². The van der Waals surface area contributed by atoms with Gasteiger partial charge in [0, 0.05) is 6.04 Å². The summed E-state index contributed by atoms with van der Waals surface area (Å²) in [6.07, 6.45) is 0.599. The molecule has 0 aliphatic heterocycles. The van der Waals surface area contributed by atoms with Gasteiger partial charge in [-0.3, -0.25) is 0 Å². The average Bonchev–Trinajstić information content (AvgIpc) is 2.07. The van der Waals surface area contributed by atoms with Crippen molar-refractivity contribution >= 4 is 5.97 Å². The lowest BCUT2D eigenvalue weighted by Crippen LogP contribution is -2.19. The largest absolute Gasteiger partial charge is 0.478 e. The molecule has 3 heteroatoms. The van der Waals surface area contributed by atoms with Crippen molar-refractivity contribution in [3.8, 4) is 0 Å². The Hall–Kier alpha value is -1.35. The van der Waals surface area contributed by atoms with Gasteiger partial charge in [0.15, 0.2) is 0 Å². The Morgan fingerprint density at radius 2 is 2.21 bits per heavy atom. The van der Waals surface area contributed by atoms with Crippen LogP contribution in [-0.2, 0) is 6.42 Å². The molecule has 3 nitrogen and oxygen atoms in total. The fourth-order valence-electron chi connectivity index (χ4n) is 1.41. The Labute approximate surface area is 83.6 Å². The standard InChI is InChI=1S/C11H15NO2/c1-7-3-4-9(6-8(2)12)10(5-7)11(13)14/h3-5,8H,6,12H2,1-2H3,(H,13,14). The summed E-state index contributed by atoms with van der Waals surface area (Å²) < 4.78 is 0. The highest BCUT2D eigenvalue weighted by Crippen LogP contribution is 2.13. The molecule has 0 aromatic heterocycles. The molecular formula is C11H15NO2. The first-order valence-electron chi connectivity index (χ1n) is 4.59. The molecule has 0 spiro atoms. The number of benzene rings is 1. The summed E-state index contributed by atoms with van der Waals surface area (Å²) in [6, 6.07) is 5.41. The number of nitrogens with two attached hydrogens (primary N) is 1. The molecule has 0 saturated heterocycles. The topological polar surface area (TPSA) is 63.3 Å². The molecule has 1 aromatic carbocycles. The second-order valence-electron chi connectivity index (χ2n) is 3.65. The van der Waals surface area contributed by atoms with Crippen LogP contribution in [-0.4, -0.2) is 17.1 Å². The van der Waals surface area contributed by atoms with Gasteiger partial charge in [-0.05, 0) is 31.9 Å². The smallest absolute Gasteiger partial charge is 0.335 e. The van der Waals surface area contributed by atoms with Crippen LogP contribution in [0.4, 0.5) is 0 Å². The van der Waals surface area contributed by atoms with Crippen LogP contribution < -0.4 is 5.73 Å². The van der Waals surface area contributed by atoms with Crippen LogP contribution >= 0.6 is 0 Å². The second-order valence-corrected chi connectivity index (χ2v) is 3.65. The second kappa shape index (κ2) is 4.24. The molecule has 0 amide bonds. The molecule has 0 aliphatic carbocycles. The molecule has 0 saturated carbocycles. The molecule has 14 heavy (non-hydrogen) atoms. The van der Waals surface area contributed by atoms with Crippen LogP contribution in [0.25, 0.3) is 0 Å². The van der Waals surface area contributed by atoms with E-state index in [1.54, 1.807) is 6.07 Å². The van der Waals surface area contributed by atoms with Gasteiger partial charge in [-0.1, -0.05) is 17.7 Å². The quantitative estimate of drug-likeness (QED) is 0.766. The number of carboxylic acids is 1. The lowest BCUT2D eigenvalue weighted by atomic mass is 9.99. The molecule has 0 bridgehead atoms. The summed E-state index contributed by atoms with van der Waals surface area (Å²) in [7, 11) is 0. The first-order valence-corrected chi connectivity index (χ1v) is 4.59. The molecule has 0 fully saturated rings. The minimum absolute atomic E-state index is 0.0178. The van der Waals surface area contributed by atoms with E-state index < -0.39 is 5.97 Å². The van der Waals surface area contributed by atoms with Gasteiger partial charge in [0.25, 0.3) is 0 Å². The van der Waals surface area contributed by atoms with Crippen molar-refractivity contribution in [2.75, 3.05) is 0 Å². The maximum atomic E-state index is 10.9. The Kier molecular flexibility index (Phi) is 3.25. The maximum absolute atomic E-state index is 10.9. The Bertz CT molecular complexity index is 345. The molecule has 0 aliphatic rings. The van der Waals surface area contributed by atoms with Gasteiger partial charge >= 0.3 is 5.97 Å². The van der Waals surface area contributed by atoms with Crippen molar-refractivity contribution in [3.63, 3.8) is 0 Å². The van der Waals surface area contributed by atoms with Gasteiger partial charge < -0.3 is 10.8 Å².